The zero-order chi connectivity index (χ0) is 18.7. The van der Waals surface area contributed by atoms with Gasteiger partial charge in [0.25, 0.3) is 0 Å². The Hall–Kier alpha value is -2.69. The highest BCUT2D eigenvalue weighted by molar-refractivity contribution is 6.05. The standard InChI is InChI=1S/C20H23NO4/c1-11-6-8-16(9-7-11)10-17(23)25-15(5)20(24)19-12(2)18(14(4)22)13(3)21-19/h6-9,15,21H,10H2,1-5H3/t15-/m0/s1. The lowest BCUT2D eigenvalue weighted by atomic mass is 10.0. The van der Waals surface area contributed by atoms with Crippen molar-refractivity contribution in [2.24, 2.45) is 0 Å². The fourth-order valence-corrected chi connectivity index (χ4v) is 2.89. The molecule has 0 unspecified atom stereocenters. The molecule has 0 spiro atoms. The van der Waals surface area contributed by atoms with Crippen molar-refractivity contribution in [1.29, 1.82) is 0 Å². The number of nitrogens with one attached hydrogen (secondary N) is 1. The SMILES string of the molecule is CC(=O)c1c(C)[nH]c(C(=O)[C@H](C)OC(=O)Cc2ccc(C)cc2)c1C. The van der Waals surface area contributed by atoms with Crippen LogP contribution in [0.1, 0.15) is 57.1 Å². The van der Waals surface area contributed by atoms with E-state index in [0.717, 1.165) is 11.1 Å². The molecular weight excluding hydrogens is 318 g/mol. The average Bonchev–Trinajstić information content (AvgIpc) is 2.83. The van der Waals surface area contributed by atoms with Crippen LogP contribution in [0.5, 0.6) is 0 Å². The summed E-state index contributed by atoms with van der Waals surface area (Å²) in [7, 11) is 0. The highest BCUT2D eigenvalue weighted by atomic mass is 16.5. The Labute approximate surface area is 147 Å². The van der Waals surface area contributed by atoms with Gasteiger partial charge in [0.1, 0.15) is 0 Å². The maximum absolute atomic E-state index is 12.6. The summed E-state index contributed by atoms with van der Waals surface area (Å²) < 4.78 is 5.27. The van der Waals surface area contributed by atoms with Crippen molar-refractivity contribution in [3.63, 3.8) is 0 Å². The van der Waals surface area contributed by atoms with Crippen LogP contribution in [0.4, 0.5) is 0 Å². The van der Waals surface area contributed by atoms with Crippen molar-refractivity contribution < 1.29 is 19.1 Å². The second-order valence-corrected chi connectivity index (χ2v) is 6.34. The van der Waals surface area contributed by atoms with Crippen LogP contribution in [-0.2, 0) is 16.0 Å². The van der Waals surface area contributed by atoms with Gasteiger partial charge in [0, 0.05) is 11.3 Å². The molecule has 0 aliphatic rings. The summed E-state index contributed by atoms with van der Waals surface area (Å²) in [6.07, 6.45) is -0.811. The van der Waals surface area contributed by atoms with Crippen molar-refractivity contribution in [3.8, 4) is 0 Å². The molecule has 2 aromatic rings. The van der Waals surface area contributed by atoms with Crippen molar-refractivity contribution >= 4 is 17.5 Å². The Kier molecular flexibility index (Phi) is 5.57. The van der Waals surface area contributed by atoms with Gasteiger partial charge in [-0.2, -0.15) is 0 Å². The van der Waals surface area contributed by atoms with Crippen LogP contribution in [0.2, 0.25) is 0 Å². The minimum Gasteiger partial charge on any atom is -0.454 e. The first-order chi connectivity index (χ1) is 11.7. The first-order valence-electron chi connectivity index (χ1n) is 8.20. The summed E-state index contributed by atoms with van der Waals surface area (Å²) in [6, 6.07) is 7.57. The molecule has 1 heterocycles. The molecule has 0 saturated carbocycles. The summed E-state index contributed by atoms with van der Waals surface area (Å²) in [6.45, 7) is 8.43. The van der Waals surface area contributed by atoms with Crippen molar-refractivity contribution in [2.45, 2.75) is 47.1 Å². The Morgan fingerprint density at radius 3 is 2.20 bits per heavy atom. The second kappa shape index (κ2) is 7.47. The third-order valence-electron chi connectivity index (χ3n) is 4.18. The minimum absolute atomic E-state index is 0.102. The van der Waals surface area contributed by atoms with E-state index < -0.39 is 12.1 Å². The Balaban J connectivity index is 2.07. The van der Waals surface area contributed by atoms with E-state index in [2.05, 4.69) is 4.98 Å². The van der Waals surface area contributed by atoms with Crippen LogP contribution in [0, 0.1) is 20.8 Å². The minimum atomic E-state index is -0.922. The highest BCUT2D eigenvalue weighted by Gasteiger charge is 2.25. The summed E-state index contributed by atoms with van der Waals surface area (Å²) in [5, 5.41) is 0. The number of carbonyl (C=O) groups is 3. The molecule has 0 aliphatic carbocycles. The maximum Gasteiger partial charge on any atom is 0.310 e. The van der Waals surface area contributed by atoms with Crippen molar-refractivity contribution in [1.82, 2.24) is 4.98 Å². The van der Waals surface area contributed by atoms with Gasteiger partial charge in [-0.3, -0.25) is 14.4 Å². The molecule has 0 bridgehead atoms. The number of carbonyl (C=O) groups excluding carboxylic acids is 3. The van der Waals surface area contributed by atoms with Gasteiger partial charge in [-0.25, -0.2) is 0 Å². The Morgan fingerprint density at radius 1 is 1.08 bits per heavy atom. The first kappa shape index (κ1) is 18.6. The van der Waals surface area contributed by atoms with E-state index in [1.807, 2.05) is 31.2 Å². The number of aromatic amines is 1. The molecule has 0 saturated heterocycles. The molecule has 0 radical (unpaired) electrons. The predicted molar refractivity (Wildman–Crippen MR) is 95.0 cm³/mol. The van der Waals surface area contributed by atoms with E-state index in [9.17, 15) is 14.4 Å². The van der Waals surface area contributed by atoms with E-state index in [1.165, 1.54) is 6.92 Å². The predicted octanol–water partition coefficient (Wildman–Crippen LogP) is 3.50. The molecule has 1 atom stereocenters. The molecule has 0 fully saturated rings. The van der Waals surface area contributed by atoms with E-state index in [4.69, 9.17) is 4.74 Å². The summed E-state index contributed by atoms with van der Waals surface area (Å²) in [5.41, 5.74) is 4.02. The number of hydrogen-bond acceptors (Lipinski definition) is 4. The lowest BCUT2D eigenvalue weighted by Gasteiger charge is -2.12. The van der Waals surface area contributed by atoms with Crippen LogP contribution in [0.15, 0.2) is 24.3 Å². The quantitative estimate of drug-likeness (QED) is 0.644. The molecule has 1 aromatic heterocycles. The highest BCUT2D eigenvalue weighted by Crippen LogP contribution is 2.20. The molecule has 132 valence electrons. The number of benzene rings is 1. The van der Waals surface area contributed by atoms with E-state index in [-0.39, 0.29) is 18.0 Å². The molecule has 1 N–H and O–H groups in total. The zero-order valence-corrected chi connectivity index (χ0v) is 15.2. The van der Waals surface area contributed by atoms with E-state index >= 15 is 0 Å². The van der Waals surface area contributed by atoms with Crippen LogP contribution in [-0.4, -0.2) is 28.6 Å². The number of aryl methyl sites for hydroxylation is 2. The van der Waals surface area contributed by atoms with Gasteiger partial charge in [-0.1, -0.05) is 29.8 Å². The number of esters is 1. The molecule has 0 aliphatic heterocycles. The number of rotatable bonds is 6. The van der Waals surface area contributed by atoms with Gasteiger partial charge in [0.2, 0.25) is 5.78 Å². The number of hydrogen-bond donors (Lipinski definition) is 1. The van der Waals surface area contributed by atoms with Crippen molar-refractivity contribution in [2.75, 3.05) is 0 Å². The number of ketones is 2. The Bertz CT molecular complexity index is 815. The number of H-pyrrole nitrogens is 1. The topological polar surface area (TPSA) is 76.2 Å². The monoisotopic (exact) mass is 341 g/mol. The lowest BCUT2D eigenvalue weighted by Crippen LogP contribution is -2.26. The molecular formula is C20H23NO4. The lowest BCUT2D eigenvalue weighted by molar-refractivity contribution is -0.145. The fraction of sp³-hybridized carbons (Fsp3) is 0.350. The molecule has 5 heteroatoms. The fourth-order valence-electron chi connectivity index (χ4n) is 2.89. The Morgan fingerprint density at radius 2 is 1.68 bits per heavy atom. The van der Waals surface area contributed by atoms with Gasteiger partial charge in [-0.15, -0.1) is 0 Å². The molecule has 2 rings (SSSR count). The zero-order valence-electron chi connectivity index (χ0n) is 15.2. The van der Waals surface area contributed by atoms with E-state index in [1.54, 1.807) is 20.8 Å². The number of ether oxygens (including phenoxy) is 1. The number of aromatic nitrogens is 1. The normalized spacial score (nSPS) is 11.9. The second-order valence-electron chi connectivity index (χ2n) is 6.34. The molecule has 1 aromatic carbocycles. The smallest absolute Gasteiger partial charge is 0.310 e. The largest absolute Gasteiger partial charge is 0.454 e. The molecule has 0 amide bonds. The van der Waals surface area contributed by atoms with Crippen LogP contribution in [0.25, 0.3) is 0 Å². The first-order valence-corrected chi connectivity index (χ1v) is 8.20. The third kappa shape index (κ3) is 4.24. The van der Waals surface area contributed by atoms with Gasteiger partial charge >= 0.3 is 5.97 Å². The summed E-state index contributed by atoms with van der Waals surface area (Å²) in [4.78, 5) is 39.3. The average molecular weight is 341 g/mol. The van der Waals surface area contributed by atoms with Crippen LogP contribution in [0.3, 0.4) is 0 Å². The third-order valence-corrected chi connectivity index (χ3v) is 4.18. The summed E-state index contributed by atoms with van der Waals surface area (Å²) in [5.74, 6) is -0.905. The van der Waals surface area contributed by atoms with Gasteiger partial charge in [0.15, 0.2) is 11.9 Å². The summed E-state index contributed by atoms with van der Waals surface area (Å²) >= 11 is 0. The van der Waals surface area contributed by atoms with E-state index in [0.29, 0.717) is 22.5 Å². The molecule has 5 nitrogen and oxygen atoms in total. The van der Waals surface area contributed by atoms with Gasteiger partial charge in [0.05, 0.1) is 12.1 Å². The number of Topliss-reactive ketones (excluding diaryl/α,β-unsaturated/α-hetero) is 2. The maximum atomic E-state index is 12.6. The van der Waals surface area contributed by atoms with Crippen LogP contribution < -0.4 is 0 Å². The van der Waals surface area contributed by atoms with Crippen molar-refractivity contribution in [3.05, 3.63) is 57.9 Å². The van der Waals surface area contributed by atoms with Gasteiger partial charge in [-0.05, 0) is 45.7 Å². The van der Waals surface area contributed by atoms with Crippen LogP contribution >= 0.6 is 0 Å². The van der Waals surface area contributed by atoms with Gasteiger partial charge < -0.3 is 9.72 Å². The molecule has 25 heavy (non-hydrogen) atoms.